The van der Waals surface area contributed by atoms with E-state index < -0.39 is 0 Å². The van der Waals surface area contributed by atoms with E-state index in [0.29, 0.717) is 6.54 Å². The number of benzene rings is 1. The van der Waals surface area contributed by atoms with Crippen LogP contribution in [0, 0.1) is 0 Å². The third-order valence-electron chi connectivity index (χ3n) is 3.70. The number of rotatable bonds is 7. The minimum atomic E-state index is -0.0720. The van der Waals surface area contributed by atoms with Crippen molar-refractivity contribution in [3.63, 3.8) is 0 Å². The van der Waals surface area contributed by atoms with E-state index in [-0.39, 0.29) is 12.1 Å². The maximum absolute atomic E-state index is 12.3. The molecule has 2 aromatic rings. The molecule has 1 atom stereocenters. The van der Waals surface area contributed by atoms with Crippen molar-refractivity contribution in [2.24, 2.45) is 0 Å². The Morgan fingerprint density at radius 1 is 1.30 bits per heavy atom. The van der Waals surface area contributed by atoms with E-state index in [2.05, 4.69) is 12.2 Å². The smallest absolute Gasteiger partial charge is 0.317 e. The molecule has 0 radical (unpaired) electrons. The monoisotopic (exact) mass is 332 g/mol. The van der Waals surface area contributed by atoms with Crippen molar-refractivity contribution in [2.75, 3.05) is 13.7 Å². The summed E-state index contributed by atoms with van der Waals surface area (Å²) in [7, 11) is 1.82. The summed E-state index contributed by atoms with van der Waals surface area (Å²) in [6, 6.07) is 11.9. The maximum Gasteiger partial charge on any atom is 0.317 e. The number of nitrogens with one attached hydrogen (secondary N) is 1. The van der Waals surface area contributed by atoms with E-state index >= 15 is 0 Å². The van der Waals surface area contributed by atoms with E-state index in [4.69, 9.17) is 4.74 Å². The largest absolute Gasteiger partial charge is 0.494 e. The van der Waals surface area contributed by atoms with Gasteiger partial charge in [0.05, 0.1) is 12.6 Å². The average Bonchev–Trinajstić information content (AvgIpc) is 3.12. The minimum absolute atomic E-state index is 0.0693. The zero-order valence-electron chi connectivity index (χ0n) is 13.9. The van der Waals surface area contributed by atoms with Crippen LogP contribution in [0.4, 0.5) is 4.79 Å². The molecule has 2 amide bonds. The number of hydrogen-bond donors (Lipinski definition) is 1. The van der Waals surface area contributed by atoms with Crippen LogP contribution < -0.4 is 10.1 Å². The summed E-state index contributed by atoms with van der Waals surface area (Å²) in [5.41, 5.74) is 1.05. The van der Waals surface area contributed by atoms with E-state index in [1.807, 2.05) is 55.7 Å². The lowest BCUT2D eigenvalue weighted by atomic mass is 10.2. The molecular formula is C18H24N2O2S. The zero-order valence-corrected chi connectivity index (χ0v) is 14.7. The highest BCUT2D eigenvalue weighted by atomic mass is 32.1. The Morgan fingerprint density at radius 3 is 2.65 bits per heavy atom. The molecule has 0 fully saturated rings. The maximum atomic E-state index is 12.3. The molecule has 124 valence electrons. The highest BCUT2D eigenvalue weighted by Crippen LogP contribution is 2.23. The molecule has 2 rings (SSSR count). The number of carbonyl (C=O) groups is 1. The summed E-state index contributed by atoms with van der Waals surface area (Å²) in [6.07, 6.45) is 0.993. The highest BCUT2D eigenvalue weighted by molar-refractivity contribution is 7.10. The van der Waals surface area contributed by atoms with Crippen molar-refractivity contribution in [1.29, 1.82) is 0 Å². The normalized spacial score (nSPS) is 11.8. The average molecular weight is 332 g/mol. The van der Waals surface area contributed by atoms with Gasteiger partial charge >= 0.3 is 6.03 Å². The Hall–Kier alpha value is -2.01. The summed E-state index contributed by atoms with van der Waals surface area (Å²) in [5, 5.41) is 4.98. The number of carbonyl (C=O) groups excluding carboxylic acids is 1. The van der Waals surface area contributed by atoms with Gasteiger partial charge in [0.2, 0.25) is 0 Å². The first kappa shape index (κ1) is 17.3. The fraction of sp³-hybridized carbons (Fsp3) is 0.389. The van der Waals surface area contributed by atoms with Crippen LogP contribution >= 0.6 is 11.3 Å². The third kappa shape index (κ3) is 4.99. The number of thiophene rings is 1. The quantitative estimate of drug-likeness (QED) is 0.814. The molecule has 0 aliphatic rings. The topological polar surface area (TPSA) is 41.6 Å². The summed E-state index contributed by atoms with van der Waals surface area (Å²) >= 11 is 1.66. The Labute approximate surface area is 142 Å². The van der Waals surface area contributed by atoms with Crippen molar-refractivity contribution >= 4 is 17.4 Å². The molecular weight excluding hydrogens is 308 g/mol. The van der Waals surface area contributed by atoms with E-state index in [9.17, 15) is 4.79 Å². The second-order valence-electron chi connectivity index (χ2n) is 5.45. The number of hydrogen-bond acceptors (Lipinski definition) is 3. The van der Waals surface area contributed by atoms with Crippen molar-refractivity contribution in [3.8, 4) is 5.75 Å². The first-order valence-electron chi connectivity index (χ1n) is 7.87. The van der Waals surface area contributed by atoms with Gasteiger partial charge < -0.3 is 15.0 Å². The SMILES string of the molecule is CCCOc1ccc(CNC(=O)N(C)C(C)c2cccs2)cc1. The molecule has 0 saturated carbocycles. The summed E-state index contributed by atoms with van der Waals surface area (Å²) in [5.74, 6) is 0.866. The van der Waals surface area contributed by atoms with Crippen molar-refractivity contribution < 1.29 is 9.53 Å². The van der Waals surface area contributed by atoms with E-state index in [0.717, 1.165) is 24.3 Å². The molecule has 0 spiro atoms. The summed E-state index contributed by atoms with van der Waals surface area (Å²) < 4.78 is 5.55. The minimum Gasteiger partial charge on any atom is -0.494 e. The van der Waals surface area contributed by atoms with Crippen molar-refractivity contribution in [2.45, 2.75) is 32.9 Å². The molecule has 1 aromatic heterocycles. The lowest BCUT2D eigenvalue weighted by Crippen LogP contribution is -2.38. The second kappa shape index (κ2) is 8.58. The first-order valence-corrected chi connectivity index (χ1v) is 8.75. The van der Waals surface area contributed by atoms with Crippen LogP contribution in [-0.4, -0.2) is 24.6 Å². The molecule has 5 heteroatoms. The molecule has 4 nitrogen and oxygen atoms in total. The molecule has 1 unspecified atom stereocenters. The molecule has 1 aromatic carbocycles. The summed E-state index contributed by atoms with van der Waals surface area (Å²) in [4.78, 5) is 15.2. The number of nitrogens with zero attached hydrogens (tertiary/aromatic N) is 1. The van der Waals surface area contributed by atoms with Crippen molar-refractivity contribution in [1.82, 2.24) is 10.2 Å². The van der Waals surface area contributed by atoms with Crippen LogP contribution in [0.1, 0.15) is 36.8 Å². The van der Waals surface area contributed by atoms with Gasteiger partial charge in [-0.05, 0) is 42.5 Å². The molecule has 1 N–H and O–H groups in total. The van der Waals surface area contributed by atoms with Crippen molar-refractivity contribution in [3.05, 3.63) is 52.2 Å². The van der Waals surface area contributed by atoms with Gasteiger partial charge in [-0.3, -0.25) is 0 Å². The standard InChI is InChI=1S/C18H24N2O2S/c1-4-11-22-16-9-7-15(8-10-16)13-19-18(21)20(3)14(2)17-6-5-12-23-17/h5-10,12,14H,4,11,13H2,1-3H3,(H,19,21). The predicted molar refractivity (Wildman–Crippen MR) is 95.0 cm³/mol. The van der Waals surface area contributed by atoms with E-state index in [1.54, 1.807) is 16.2 Å². The van der Waals surface area contributed by atoms with Gasteiger partial charge in [-0.1, -0.05) is 25.1 Å². The number of ether oxygens (including phenoxy) is 1. The van der Waals surface area contributed by atoms with Crippen LogP contribution in [0.25, 0.3) is 0 Å². The van der Waals surface area contributed by atoms with Crippen LogP contribution in [0.5, 0.6) is 5.75 Å². The van der Waals surface area contributed by atoms with Crippen LogP contribution in [0.3, 0.4) is 0 Å². The van der Waals surface area contributed by atoms with Gasteiger partial charge in [-0.2, -0.15) is 0 Å². The Bertz CT molecular complexity index is 596. The number of amides is 2. The van der Waals surface area contributed by atoms with Gasteiger partial charge in [0.25, 0.3) is 0 Å². The highest BCUT2D eigenvalue weighted by Gasteiger charge is 2.17. The lowest BCUT2D eigenvalue weighted by molar-refractivity contribution is 0.194. The predicted octanol–water partition coefficient (Wildman–Crippen LogP) is 4.44. The molecule has 0 aliphatic heterocycles. The Balaban J connectivity index is 1.83. The van der Waals surface area contributed by atoms with Gasteiger partial charge in [0.1, 0.15) is 5.75 Å². The third-order valence-corrected chi connectivity index (χ3v) is 4.74. The van der Waals surface area contributed by atoms with Crippen LogP contribution in [-0.2, 0) is 6.54 Å². The first-order chi connectivity index (χ1) is 11.1. The molecule has 23 heavy (non-hydrogen) atoms. The van der Waals surface area contributed by atoms with Gasteiger partial charge in [-0.25, -0.2) is 4.79 Å². The Kier molecular flexibility index (Phi) is 6.47. The Morgan fingerprint density at radius 2 is 2.04 bits per heavy atom. The van der Waals surface area contributed by atoms with Crippen LogP contribution in [0.15, 0.2) is 41.8 Å². The van der Waals surface area contributed by atoms with Crippen LogP contribution in [0.2, 0.25) is 0 Å². The fourth-order valence-electron chi connectivity index (χ4n) is 2.12. The molecule has 0 saturated heterocycles. The van der Waals surface area contributed by atoms with Gasteiger partial charge in [0.15, 0.2) is 0 Å². The fourth-order valence-corrected chi connectivity index (χ4v) is 2.95. The molecule has 1 heterocycles. The zero-order chi connectivity index (χ0) is 16.7. The van der Waals surface area contributed by atoms with E-state index in [1.165, 1.54) is 4.88 Å². The molecule has 0 aliphatic carbocycles. The lowest BCUT2D eigenvalue weighted by Gasteiger charge is -2.24. The van der Waals surface area contributed by atoms with Gasteiger partial charge in [-0.15, -0.1) is 11.3 Å². The van der Waals surface area contributed by atoms with Gasteiger partial charge in [0, 0.05) is 18.5 Å². The second-order valence-corrected chi connectivity index (χ2v) is 6.43. The summed E-state index contributed by atoms with van der Waals surface area (Å²) in [6.45, 7) is 5.35. The number of urea groups is 1. The molecule has 0 bridgehead atoms.